The van der Waals surface area contributed by atoms with Gasteiger partial charge in [0.25, 0.3) is 0 Å². The smallest absolute Gasteiger partial charge is 0.157 e. The molecule has 0 N–H and O–H groups in total. The Balaban J connectivity index is 2.12. The van der Waals surface area contributed by atoms with Gasteiger partial charge >= 0.3 is 0 Å². The lowest BCUT2D eigenvalue weighted by Crippen LogP contribution is -2.20. The summed E-state index contributed by atoms with van der Waals surface area (Å²) in [5, 5.41) is 0. The maximum Gasteiger partial charge on any atom is 0.157 e. The molecule has 1 unspecified atom stereocenters. The highest BCUT2D eigenvalue weighted by atomic mass is 28.3. The molecule has 1 aliphatic heterocycles. The molecule has 3 rings (SSSR count). The molecule has 23 heavy (non-hydrogen) atoms. The standard InChI is InChI=1S/C19H26O2Si2/c1-4-5-8-14-11-17-18(13(3)12(14)2)19(23-21-22)15-9-6-7-10-16(15)20-17/h6-7,9-11,19H,4-5,8,23H2,1-3,22H3. The number of benzene rings is 2. The molecule has 0 radical (unpaired) electrons. The van der Waals surface area contributed by atoms with Crippen molar-refractivity contribution in [2.45, 2.75) is 45.6 Å². The third-order valence-corrected chi connectivity index (χ3v) is 7.53. The van der Waals surface area contributed by atoms with Crippen LogP contribution in [0.2, 0.25) is 0 Å². The van der Waals surface area contributed by atoms with Crippen LogP contribution in [0.5, 0.6) is 11.5 Å². The normalized spacial score (nSPS) is 16.4. The summed E-state index contributed by atoms with van der Waals surface area (Å²) in [6, 6.07) is 10.8. The lowest BCUT2D eigenvalue weighted by Gasteiger charge is -2.31. The molecule has 0 amide bonds. The average Bonchev–Trinajstić information content (AvgIpc) is 2.56. The molecule has 0 spiro atoms. The zero-order chi connectivity index (χ0) is 16.4. The third kappa shape index (κ3) is 3.03. The Morgan fingerprint density at radius 1 is 1.17 bits per heavy atom. The Morgan fingerprint density at radius 2 is 1.96 bits per heavy atom. The maximum absolute atomic E-state index is 6.29. The maximum atomic E-state index is 6.29. The molecule has 2 nitrogen and oxygen atoms in total. The van der Waals surface area contributed by atoms with Gasteiger partial charge in [0.2, 0.25) is 0 Å². The number of para-hydroxylation sites is 1. The Morgan fingerprint density at radius 3 is 2.70 bits per heavy atom. The van der Waals surface area contributed by atoms with E-state index in [1.165, 1.54) is 40.7 Å². The van der Waals surface area contributed by atoms with Gasteiger partial charge in [0, 0.05) is 16.7 Å². The van der Waals surface area contributed by atoms with E-state index in [-0.39, 0.29) is 0 Å². The highest BCUT2D eigenvalue weighted by molar-refractivity contribution is 6.37. The SMILES string of the molecule is CCCCc1cc2c(c(C)c1C)C([SiH2]O[SiH3])c1ccccc1O2. The summed E-state index contributed by atoms with van der Waals surface area (Å²) < 4.78 is 12.1. The van der Waals surface area contributed by atoms with Crippen molar-refractivity contribution < 1.29 is 8.85 Å². The molecule has 2 aromatic rings. The van der Waals surface area contributed by atoms with E-state index in [4.69, 9.17) is 8.85 Å². The van der Waals surface area contributed by atoms with Crippen molar-refractivity contribution >= 4 is 20.2 Å². The van der Waals surface area contributed by atoms with Crippen molar-refractivity contribution in [1.82, 2.24) is 0 Å². The van der Waals surface area contributed by atoms with Crippen LogP contribution in [0.25, 0.3) is 0 Å². The first kappa shape index (κ1) is 16.5. The van der Waals surface area contributed by atoms with Crippen LogP contribution in [0.3, 0.4) is 0 Å². The summed E-state index contributed by atoms with van der Waals surface area (Å²) in [6.07, 6.45) is 3.60. The summed E-state index contributed by atoms with van der Waals surface area (Å²) in [4.78, 5) is 0. The van der Waals surface area contributed by atoms with E-state index >= 15 is 0 Å². The average molecular weight is 343 g/mol. The number of rotatable bonds is 5. The van der Waals surface area contributed by atoms with Crippen LogP contribution in [0.15, 0.2) is 30.3 Å². The molecule has 0 aromatic heterocycles. The van der Waals surface area contributed by atoms with Gasteiger partial charge in [0.05, 0.1) is 0 Å². The van der Waals surface area contributed by atoms with Crippen LogP contribution in [0.4, 0.5) is 0 Å². The van der Waals surface area contributed by atoms with Gasteiger partial charge in [-0.2, -0.15) is 0 Å². The summed E-state index contributed by atoms with van der Waals surface area (Å²) in [5.41, 5.74) is 7.39. The molecule has 1 atom stereocenters. The molecule has 2 aromatic carbocycles. The van der Waals surface area contributed by atoms with E-state index in [1.54, 1.807) is 0 Å². The molecule has 0 bridgehead atoms. The molecule has 1 aliphatic rings. The molecule has 0 saturated heterocycles. The van der Waals surface area contributed by atoms with Gasteiger partial charge < -0.3 is 8.85 Å². The predicted octanol–water partition coefficient (Wildman–Crippen LogP) is 3.22. The zero-order valence-electron chi connectivity index (χ0n) is 14.6. The minimum atomic E-state index is -0.625. The third-order valence-electron chi connectivity index (χ3n) is 5.01. The Hall–Kier alpha value is -1.37. The highest BCUT2D eigenvalue weighted by Gasteiger charge is 2.30. The van der Waals surface area contributed by atoms with Crippen molar-refractivity contribution in [1.29, 1.82) is 0 Å². The molecule has 0 saturated carbocycles. The summed E-state index contributed by atoms with van der Waals surface area (Å²) in [5.74, 6) is 2.08. The fraction of sp³-hybridized carbons (Fsp3) is 0.368. The monoisotopic (exact) mass is 342 g/mol. The Labute approximate surface area is 144 Å². The summed E-state index contributed by atoms with van der Waals surface area (Å²) >= 11 is 0. The second-order valence-electron chi connectivity index (χ2n) is 6.45. The Bertz CT molecular complexity index is 713. The number of unbranched alkanes of at least 4 members (excludes halogenated alkanes) is 1. The fourth-order valence-corrected chi connectivity index (χ4v) is 6.12. The molecular formula is C19H26O2Si2. The van der Waals surface area contributed by atoms with E-state index in [2.05, 4.69) is 51.1 Å². The van der Waals surface area contributed by atoms with Crippen molar-refractivity contribution in [3.05, 3.63) is 58.1 Å². The van der Waals surface area contributed by atoms with Crippen LogP contribution >= 0.6 is 0 Å². The van der Waals surface area contributed by atoms with Crippen molar-refractivity contribution in [2.75, 3.05) is 0 Å². The van der Waals surface area contributed by atoms with E-state index < -0.39 is 9.76 Å². The summed E-state index contributed by atoms with van der Waals surface area (Å²) in [6.45, 7) is 6.77. The zero-order valence-corrected chi connectivity index (χ0v) is 18.0. The van der Waals surface area contributed by atoms with Gasteiger partial charge in [-0.15, -0.1) is 0 Å². The van der Waals surface area contributed by atoms with Crippen molar-refractivity contribution in [2.24, 2.45) is 0 Å². The number of fused-ring (bicyclic) bond motifs is 2. The van der Waals surface area contributed by atoms with Crippen molar-refractivity contribution in [3.8, 4) is 11.5 Å². The lowest BCUT2D eigenvalue weighted by atomic mass is 9.89. The first-order chi connectivity index (χ1) is 11.2. The topological polar surface area (TPSA) is 18.5 Å². The second kappa shape index (κ2) is 7.03. The van der Waals surface area contributed by atoms with Gasteiger partial charge in [-0.05, 0) is 55.5 Å². The molecule has 122 valence electrons. The second-order valence-corrected chi connectivity index (χ2v) is 9.91. The van der Waals surface area contributed by atoms with E-state index in [9.17, 15) is 0 Å². The predicted molar refractivity (Wildman–Crippen MR) is 102 cm³/mol. The van der Waals surface area contributed by atoms with Gasteiger partial charge in [-0.1, -0.05) is 31.5 Å². The number of ether oxygens (including phenoxy) is 1. The quantitative estimate of drug-likeness (QED) is 0.777. The Kier molecular flexibility index (Phi) is 5.04. The molecule has 1 heterocycles. The number of hydrogen-bond donors (Lipinski definition) is 0. The molecule has 4 heteroatoms. The van der Waals surface area contributed by atoms with Crippen molar-refractivity contribution in [3.63, 3.8) is 0 Å². The first-order valence-electron chi connectivity index (χ1n) is 8.56. The molecule has 0 fully saturated rings. The number of aryl methyl sites for hydroxylation is 1. The van der Waals surface area contributed by atoms with Gasteiger partial charge in [0.1, 0.15) is 22.0 Å². The summed E-state index contributed by atoms with van der Waals surface area (Å²) in [7, 11) is 0.198. The van der Waals surface area contributed by atoms with E-state index in [0.29, 0.717) is 5.54 Å². The number of hydrogen-bond acceptors (Lipinski definition) is 2. The highest BCUT2D eigenvalue weighted by Crippen LogP contribution is 2.46. The van der Waals surface area contributed by atoms with Gasteiger partial charge in [0.15, 0.2) is 9.76 Å². The van der Waals surface area contributed by atoms with Crippen LogP contribution < -0.4 is 4.74 Å². The fourth-order valence-electron chi connectivity index (χ4n) is 3.59. The van der Waals surface area contributed by atoms with E-state index in [1.807, 2.05) is 0 Å². The van der Waals surface area contributed by atoms with Gasteiger partial charge in [-0.25, -0.2) is 0 Å². The van der Waals surface area contributed by atoms with Crippen LogP contribution in [0, 0.1) is 13.8 Å². The molecular weight excluding hydrogens is 316 g/mol. The van der Waals surface area contributed by atoms with Crippen LogP contribution in [-0.4, -0.2) is 20.2 Å². The first-order valence-corrected chi connectivity index (χ1v) is 10.8. The minimum absolute atomic E-state index is 0.423. The van der Waals surface area contributed by atoms with E-state index in [0.717, 1.165) is 28.4 Å². The molecule has 0 aliphatic carbocycles. The largest absolute Gasteiger partial charge is 0.467 e. The minimum Gasteiger partial charge on any atom is -0.467 e. The lowest BCUT2D eigenvalue weighted by molar-refractivity contribution is 0.452. The van der Waals surface area contributed by atoms with Crippen LogP contribution in [0.1, 0.15) is 53.1 Å². The van der Waals surface area contributed by atoms with Gasteiger partial charge in [-0.3, -0.25) is 0 Å². The van der Waals surface area contributed by atoms with Crippen LogP contribution in [-0.2, 0) is 10.5 Å².